The summed E-state index contributed by atoms with van der Waals surface area (Å²) in [6.07, 6.45) is 0.884. The Balaban J connectivity index is 1.63. The third kappa shape index (κ3) is 6.08. The van der Waals surface area contributed by atoms with E-state index in [1.807, 2.05) is 30.3 Å². The lowest BCUT2D eigenvalue weighted by molar-refractivity contribution is 0.0859. The van der Waals surface area contributed by atoms with Crippen molar-refractivity contribution < 1.29 is 22.7 Å². The Hall–Kier alpha value is -2.91. The minimum Gasteiger partial charge on any atom is -0.450 e. The molecule has 2 aromatic carbocycles. The minimum absolute atomic E-state index is 0.0429. The highest BCUT2D eigenvalue weighted by Crippen LogP contribution is 2.18. The van der Waals surface area contributed by atoms with Gasteiger partial charge < -0.3 is 15.0 Å². The van der Waals surface area contributed by atoms with Gasteiger partial charge in [-0.3, -0.25) is 4.79 Å². The first-order valence-electron chi connectivity index (χ1n) is 10.7. The van der Waals surface area contributed by atoms with Crippen molar-refractivity contribution in [3.8, 4) is 0 Å². The molecule has 2 amide bonds. The number of nitrogens with one attached hydrogen (secondary N) is 2. The van der Waals surface area contributed by atoms with Crippen LogP contribution in [0.25, 0.3) is 0 Å². The molecule has 0 spiro atoms. The van der Waals surface area contributed by atoms with Crippen molar-refractivity contribution >= 4 is 22.0 Å². The van der Waals surface area contributed by atoms with Gasteiger partial charge >= 0.3 is 6.09 Å². The number of piperidine rings is 1. The molecule has 172 valence electrons. The maximum Gasteiger partial charge on any atom is 0.409 e. The standard InChI is InChI=1S/C23H29N3O5S/c1-3-31-23(28)26-13-11-19(12-14-26)25-22(27)21-15-20(10-9-17(21)2)32(29,30)24-16-18-7-5-4-6-8-18/h4-10,15,19,24H,3,11-14,16H2,1-2H3,(H,25,27). The number of ether oxygens (including phenoxy) is 1. The average molecular weight is 460 g/mol. The topological polar surface area (TPSA) is 105 Å². The molecule has 32 heavy (non-hydrogen) atoms. The van der Waals surface area contributed by atoms with Gasteiger partial charge in [0.15, 0.2) is 0 Å². The number of likely N-dealkylation sites (tertiary alicyclic amines) is 1. The van der Waals surface area contributed by atoms with Crippen LogP contribution in [0, 0.1) is 6.92 Å². The summed E-state index contributed by atoms with van der Waals surface area (Å²) < 4.78 is 33.1. The molecule has 1 saturated heterocycles. The lowest BCUT2D eigenvalue weighted by Gasteiger charge is -2.31. The highest BCUT2D eigenvalue weighted by atomic mass is 32.2. The fourth-order valence-electron chi connectivity index (χ4n) is 3.55. The molecule has 1 heterocycles. The van der Waals surface area contributed by atoms with Gasteiger partial charge in [-0.1, -0.05) is 36.4 Å². The predicted molar refractivity (Wildman–Crippen MR) is 121 cm³/mol. The van der Waals surface area contributed by atoms with E-state index in [9.17, 15) is 18.0 Å². The fourth-order valence-corrected chi connectivity index (χ4v) is 4.60. The van der Waals surface area contributed by atoms with Gasteiger partial charge in [0.2, 0.25) is 10.0 Å². The zero-order valence-corrected chi connectivity index (χ0v) is 19.2. The zero-order chi connectivity index (χ0) is 23.1. The van der Waals surface area contributed by atoms with E-state index < -0.39 is 10.0 Å². The van der Waals surface area contributed by atoms with E-state index in [0.29, 0.717) is 43.7 Å². The monoisotopic (exact) mass is 459 g/mol. The van der Waals surface area contributed by atoms with E-state index >= 15 is 0 Å². The fraction of sp³-hybridized carbons (Fsp3) is 0.391. The molecular weight excluding hydrogens is 430 g/mol. The number of aryl methyl sites for hydroxylation is 1. The lowest BCUT2D eigenvalue weighted by atomic mass is 10.0. The highest BCUT2D eigenvalue weighted by molar-refractivity contribution is 7.89. The van der Waals surface area contributed by atoms with Crippen LogP contribution in [0.5, 0.6) is 0 Å². The summed E-state index contributed by atoms with van der Waals surface area (Å²) in [6, 6.07) is 13.7. The molecule has 3 rings (SSSR count). The summed E-state index contributed by atoms with van der Waals surface area (Å²) in [5.41, 5.74) is 1.85. The lowest BCUT2D eigenvalue weighted by Crippen LogP contribution is -2.46. The number of sulfonamides is 1. The molecule has 2 N–H and O–H groups in total. The smallest absolute Gasteiger partial charge is 0.409 e. The second kappa shape index (κ2) is 10.6. The summed E-state index contributed by atoms with van der Waals surface area (Å²) in [4.78, 5) is 26.4. The quantitative estimate of drug-likeness (QED) is 0.663. The van der Waals surface area contributed by atoms with Crippen molar-refractivity contribution in [1.29, 1.82) is 0 Å². The van der Waals surface area contributed by atoms with E-state index in [4.69, 9.17) is 4.74 Å². The van der Waals surface area contributed by atoms with Crippen molar-refractivity contribution in [3.05, 3.63) is 65.2 Å². The van der Waals surface area contributed by atoms with Gasteiger partial charge in [-0.15, -0.1) is 0 Å². The Bertz CT molecular complexity index is 1050. The van der Waals surface area contributed by atoms with Crippen LogP contribution in [0.1, 0.15) is 41.3 Å². The van der Waals surface area contributed by atoms with Crippen LogP contribution in [-0.2, 0) is 21.3 Å². The van der Waals surface area contributed by atoms with E-state index in [1.54, 1.807) is 24.8 Å². The molecule has 0 saturated carbocycles. The largest absolute Gasteiger partial charge is 0.450 e. The molecular formula is C23H29N3O5S. The second-order valence-electron chi connectivity index (χ2n) is 7.72. The van der Waals surface area contributed by atoms with Crippen LogP contribution in [-0.4, -0.2) is 51.1 Å². The SMILES string of the molecule is CCOC(=O)N1CCC(NC(=O)c2cc(S(=O)(=O)NCc3ccccc3)ccc2C)CC1. The number of hydrogen-bond donors (Lipinski definition) is 2. The third-order valence-electron chi connectivity index (χ3n) is 5.43. The van der Waals surface area contributed by atoms with Crippen molar-refractivity contribution in [2.75, 3.05) is 19.7 Å². The van der Waals surface area contributed by atoms with Crippen LogP contribution in [0.2, 0.25) is 0 Å². The molecule has 0 atom stereocenters. The molecule has 1 aliphatic heterocycles. The number of rotatable bonds is 7. The summed E-state index contributed by atoms with van der Waals surface area (Å²) in [5, 5.41) is 2.97. The molecule has 0 bridgehead atoms. The summed E-state index contributed by atoms with van der Waals surface area (Å²) in [6.45, 7) is 5.03. The van der Waals surface area contributed by atoms with Gasteiger partial charge in [0.25, 0.3) is 5.91 Å². The van der Waals surface area contributed by atoms with Gasteiger partial charge in [0.05, 0.1) is 11.5 Å². The van der Waals surface area contributed by atoms with E-state index in [1.165, 1.54) is 12.1 Å². The number of hydrogen-bond acceptors (Lipinski definition) is 5. The molecule has 1 aliphatic rings. The van der Waals surface area contributed by atoms with Crippen molar-refractivity contribution in [1.82, 2.24) is 14.9 Å². The third-order valence-corrected chi connectivity index (χ3v) is 6.83. The van der Waals surface area contributed by atoms with Crippen molar-refractivity contribution in [2.45, 2.75) is 44.2 Å². The minimum atomic E-state index is -3.77. The molecule has 8 nitrogen and oxygen atoms in total. The molecule has 0 aromatic heterocycles. The van der Waals surface area contributed by atoms with E-state index in [-0.39, 0.29) is 29.5 Å². The molecule has 2 aromatic rings. The second-order valence-corrected chi connectivity index (χ2v) is 9.49. The van der Waals surface area contributed by atoms with E-state index in [0.717, 1.165) is 5.56 Å². The summed E-state index contributed by atoms with van der Waals surface area (Å²) in [7, 11) is -3.77. The van der Waals surface area contributed by atoms with Crippen molar-refractivity contribution in [3.63, 3.8) is 0 Å². The van der Waals surface area contributed by atoms with Crippen LogP contribution in [0.4, 0.5) is 4.79 Å². The van der Waals surface area contributed by atoms with Gasteiger partial charge in [0.1, 0.15) is 0 Å². The van der Waals surface area contributed by atoms with Crippen molar-refractivity contribution in [2.24, 2.45) is 0 Å². The number of nitrogens with zero attached hydrogens (tertiary/aromatic N) is 1. The highest BCUT2D eigenvalue weighted by Gasteiger charge is 2.26. The number of benzene rings is 2. The average Bonchev–Trinajstić information content (AvgIpc) is 2.79. The molecule has 0 aliphatic carbocycles. The maximum absolute atomic E-state index is 12.9. The number of amides is 2. The van der Waals surface area contributed by atoms with Gasteiger partial charge in [0, 0.05) is 31.2 Å². The maximum atomic E-state index is 12.9. The van der Waals surface area contributed by atoms with Crippen LogP contribution in [0.3, 0.4) is 0 Å². The van der Waals surface area contributed by atoms with E-state index in [2.05, 4.69) is 10.0 Å². The Morgan fingerprint density at radius 1 is 1.09 bits per heavy atom. The first kappa shape index (κ1) is 23.7. The normalized spacial score (nSPS) is 14.8. The predicted octanol–water partition coefficient (Wildman–Crippen LogP) is 2.82. The van der Waals surface area contributed by atoms with Crippen LogP contribution in [0.15, 0.2) is 53.4 Å². The van der Waals surface area contributed by atoms with Crippen LogP contribution >= 0.6 is 0 Å². The Kier molecular flexibility index (Phi) is 7.87. The van der Waals surface area contributed by atoms with Gasteiger partial charge in [-0.05, 0) is 49.9 Å². The first-order valence-corrected chi connectivity index (χ1v) is 12.1. The number of carbonyl (C=O) groups excluding carboxylic acids is 2. The molecule has 0 radical (unpaired) electrons. The Labute approximate surface area is 189 Å². The summed E-state index contributed by atoms with van der Waals surface area (Å²) in [5.74, 6) is -0.322. The Morgan fingerprint density at radius 2 is 1.78 bits per heavy atom. The number of carbonyl (C=O) groups is 2. The molecule has 9 heteroatoms. The zero-order valence-electron chi connectivity index (χ0n) is 18.3. The van der Waals surface area contributed by atoms with Gasteiger partial charge in [-0.2, -0.15) is 0 Å². The van der Waals surface area contributed by atoms with Crippen LogP contribution < -0.4 is 10.0 Å². The van der Waals surface area contributed by atoms with Gasteiger partial charge in [-0.25, -0.2) is 17.9 Å². The molecule has 1 fully saturated rings. The first-order chi connectivity index (χ1) is 15.3. The Morgan fingerprint density at radius 3 is 2.44 bits per heavy atom. The summed E-state index contributed by atoms with van der Waals surface area (Å²) >= 11 is 0. The molecule has 0 unspecified atom stereocenters.